The first kappa shape index (κ1) is 19.1. The zero-order valence-electron chi connectivity index (χ0n) is 13.6. The Bertz CT molecular complexity index is 783. The zero-order valence-corrected chi connectivity index (χ0v) is 15.9. The molecule has 0 saturated carbocycles. The number of ether oxygens (including phenoxy) is 2. The molecule has 0 radical (unpaired) electrons. The van der Waals surface area contributed by atoms with E-state index in [4.69, 9.17) is 25.9 Å². The molecule has 0 bridgehead atoms. The highest BCUT2D eigenvalue weighted by molar-refractivity contribution is 9.10. The molecule has 8 heteroatoms. The number of halogens is 2. The van der Waals surface area contributed by atoms with Crippen molar-refractivity contribution in [1.82, 2.24) is 0 Å². The molecule has 2 aromatic carbocycles. The molecule has 0 saturated heterocycles. The zero-order chi connectivity index (χ0) is 18.2. The molecule has 0 spiro atoms. The van der Waals surface area contributed by atoms with Crippen LogP contribution in [0, 0.1) is 0 Å². The number of hydrogen-bond donors (Lipinski definition) is 1. The summed E-state index contributed by atoms with van der Waals surface area (Å²) in [7, 11) is 3.02. The van der Waals surface area contributed by atoms with Crippen LogP contribution in [0.4, 0.5) is 5.69 Å². The fourth-order valence-corrected chi connectivity index (χ4v) is 2.67. The van der Waals surface area contributed by atoms with Crippen LogP contribution in [0.15, 0.2) is 46.0 Å². The maximum atomic E-state index is 11.8. The topological polar surface area (TPSA) is 69.2 Å². The molecule has 0 aliphatic heterocycles. The van der Waals surface area contributed by atoms with Crippen LogP contribution in [-0.2, 0) is 9.63 Å². The molecular formula is C17H16BrClN2O4. The van der Waals surface area contributed by atoms with Crippen molar-refractivity contribution < 1.29 is 19.1 Å². The predicted molar refractivity (Wildman–Crippen MR) is 101 cm³/mol. The molecule has 2 aromatic rings. The van der Waals surface area contributed by atoms with Crippen molar-refractivity contribution >= 4 is 45.3 Å². The largest absolute Gasteiger partial charge is 0.493 e. The number of carbonyl (C=O) groups is 1. The van der Waals surface area contributed by atoms with E-state index in [9.17, 15) is 4.79 Å². The van der Waals surface area contributed by atoms with Gasteiger partial charge in [0.2, 0.25) is 0 Å². The molecule has 0 unspecified atom stereocenters. The van der Waals surface area contributed by atoms with E-state index < -0.39 is 0 Å². The van der Waals surface area contributed by atoms with Gasteiger partial charge in [-0.05, 0) is 30.3 Å². The first-order valence-corrected chi connectivity index (χ1v) is 8.33. The molecule has 132 valence electrons. The van der Waals surface area contributed by atoms with E-state index in [0.29, 0.717) is 27.8 Å². The minimum Gasteiger partial charge on any atom is -0.493 e. The van der Waals surface area contributed by atoms with Gasteiger partial charge in [0, 0.05) is 15.7 Å². The van der Waals surface area contributed by atoms with Crippen molar-refractivity contribution in [2.24, 2.45) is 5.16 Å². The first-order chi connectivity index (χ1) is 12.0. The van der Waals surface area contributed by atoms with Crippen molar-refractivity contribution in [3.63, 3.8) is 0 Å². The number of oxime groups is 1. The SMILES string of the molecule is COc1cc(/C=N/OCC(=O)Nc2cccc(Br)c2)cc(Cl)c1OC. The quantitative estimate of drug-likeness (QED) is 0.533. The molecule has 25 heavy (non-hydrogen) atoms. The highest BCUT2D eigenvalue weighted by Crippen LogP contribution is 2.35. The Hall–Kier alpha value is -2.25. The summed E-state index contributed by atoms with van der Waals surface area (Å²) >= 11 is 9.44. The molecule has 0 atom stereocenters. The van der Waals surface area contributed by atoms with Crippen molar-refractivity contribution in [1.29, 1.82) is 0 Å². The third-order valence-electron chi connectivity index (χ3n) is 3.04. The summed E-state index contributed by atoms with van der Waals surface area (Å²) < 4.78 is 11.2. The standard InChI is InChI=1S/C17H16BrClN2O4/c1-23-15-7-11(6-14(19)17(15)24-2)9-20-25-10-16(22)21-13-5-3-4-12(18)8-13/h3-9H,10H2,1-2H3,(H,21,22)/b20-9+. The van der Waals surface area contributed by atoms with Gasteiger partial charge in [-0.2, -0.15) is 0 Å². The minimum absolute atomic E-state index is 0.218. The van der Waals surface area contributed by atoms with Gasteiger partial charge in [0.25, 0.3) is 5.91 Å². The summed E-state index contributed by atoms with van der Waals surface area (Å²) in [5.41, 5.74) is 1.31. The van der Waals surface area contributed by atoms with Crippen LogP contribution in [0.1, 0.15) is 5.56 Å². The number of nitrogens with one attached hydrogen (secondary N) is 1. The number of rotatable bonds is 7. The second-order valence-electron chi connectivity index (χ2n) is 4.80. The number of hydrogen-bond acceptors (Lipinski definition) is 5. The number of carbonyl (C=O) groups excluding carboxylic acids is 1. The molecule has 1 amide bonds. The van der Waals surface area contributed by atoms with Crippen LogP contribution in [0.3, 0.4) is 0 Å². The maximum Gasteiger partial charge on any atom is 0.265 e. The molecule has 0 aromatic heterocycles. The molecule has 2 rings (SSSR count). The summed E-state index contributed by atoms with van der Waals surface area (Å²) in [6.45, 7) is -0.218. The smallest absolute Gasteiger partial charge is 0.265 e. The highest BCUT2D eigenvalue weighted by Gasteiger charge is 2.10. The Balaban J connectivity index is 1.91. The van der Waals surface area contributed by atoms with E-state index in [1.807, 2.05) is 12.1 Å². The van der Waals surface area contributed by atoms with Crippen LogP contribution < -0.4 is 14.8 Å². The molecule has 0 heterocycles. The van der Waals surface area contributed by atoms with E-state index in [1.54, 1.807) is 24.3 Å². The van der Waals surface area contributed by atoms with E-state index in [1.165, 1.54) is 20.4 Å². The lowest BCUT2D eigenvalue weighted by Crippen LogP contribution is -2.16. The number of nitrogens with zero attached hydrogens (tertiary/aromatic N) is 1. The van der Waals surface area contributed by atoms with Crippen LogP contribution in [0.5, 0.6) is 11.5 Å². The summed E-state index contributed by atoms with van der Waals surface area (Å²) in [4.78, 5) is 16.8. The van der Waals surface area contributed by atoms with Crippen molar-refractivity contribution in [2.75, 3.05) is 26.1 Å². The van der Waals surface area contributed by atoms with Crippen LogP contribution in [-0.4, -0.2) is 32.9 Å². The Labute approximate surface area is 158 Å². The van der Waals surface area contributed by atoms with E-state index in [0.717, 1.165) is 4.47 Å². The van der Waals surface area contributed by atoms with Crippen LogP contribution in [0.25, 0.3) is 0 Å². The van der Waals surface area contributed by atoms with E-state index in [2.05, 4.69) is 26.4 Å². The average molecular weight is 428 g/mol. The van der Waals surface area contributed by atoms with Crippen LogP contribution in [0.2, 0.25) is 5.02 Å². The lowest BCUT2D eigenvalue weighted by atomic mass is 10.2. The molecular weight excluding hydrogens is 412 g/mol. The maximum absolute atomic E-state index is 11.8. The Morgan fingerprint density at radius 1 is 1.28 bits per heavy atom. The second-order valence-corrected chi connectivity index (χ2v) is 6.13. The fourth-order valence-electron chi connectivity index (χ4n) is 1.97. The normalized spacial score (nSPS) is 10.6. The van der Waals surface area contributed by atoms with Crippen LogP contribution >= 0.6 is 27.5 Å². The highest BCUT2D eigenvalue weighted by atomic mass is 79.9. The summed E-state index contributed by atoms with van der Waals surface area (Å²) in [6.07, 6.45) is 1.43. The van der Waals surface area contributed by atoms with Gasteiger partial charge < -0.3 is 19.6 Å². The molecule has 1 N–H and O–H groups in total. The minimum atomic E-state index is -0.319. The monoisotopic (exact) mass is 426 g/mol. The average Bonchev–Trinajstić information content (AvgIpc) is 2.58. The lowest BCUT2D eigenvalue weighted by molar-refractivity contribution is -0.120. The van der Waals surface area contributed by atoms with Gasteiger partial charge >= 0.3 is 0 Å². The number of methoxy groups -OCH3 is 2. The van der Waals surface area contributed by atoms with E-state index in [-0.39, 0.29) is 12.5 Å². The molecule has 0 aliphatic carbocycles. The third kappa shape index (κ3) is 5.65. The van der Waals surface area contributed by atoms with Gasteiger partial charge in [-0.3, -0.25) is 4.79 Å². The van der Waals surface area contributed by atoms with Gasteiger partial charge in [0.1, 0.15) is 0 Å². The Morgan fingerprint density at radius 2 is 2.08 bits per heavy atom. The summed E-state index contributed by atoms with van der Waals surface area (Å²) in [6, 6.07) is 10.6. The lowest BCUT2D eigenvalue weighted by Gasteiger charge is -2.09. The first-order valence-electron chi connectivity index (χ1n) is 7.15. The van der Waals surface area contributed by atoms with Gasteiger partial charge in [-0.25, -0.2) is 0 Å². The van der Waals surface area contributed by atoms with Crippen molar-refractivity contribution in [2.45, 2.75) is 0 Å². The fraction of sp³-hybridized carbons (Fsp3) is 0.176. The molecule has 6 nitrogen and oxygen atoms in total. The second kappa shape index (κ2) is 9.29. The molecule has 0 aliphatic rings. The van der Waals surface area contributed by atoms with Crippen molar-refractivity contribution in [3.8, 4) is 11.5 Å². The number of amides is 1. The summed E-state index contributed by atoms with van der Waals surface area (Å²) in [5, 5.41) is 6.85. The third-order valence-corrected chi connectivity index (χ3v) is 3.81. The summed E-state index contributed by atoms with van der Waals surface area (Å²) in [5.74, 6) is 0.597. The Kier molecular flexibility index (Phi) is 7.09. The van der Waals surface area contributed by atoms with Gasteiger partial charge in [0.15, 0.2) is 18.1 Å². The van der Waals surface area contributed by atoms with E-state index >= 15 is 0 Å². The van der Waals surface area contributed by atoms with Gasteiger partial charge in [-0.1, -0.05) is 38.8 Å². The van der Waals surface area contributed by atoms with Gasteiger partial charge in [-0.15, -0.1) is 0 Å². The molecule has 0 fully saturated rings. The van der Waals surface area contributed by atoms with Crippen molar-refractivity contribution in [3.05, 3.63) is 51.5 Å². The Morgan fingerprint density at radius 3 is 2.76 bits per heavy atom. The predicted octanol–water partition coefficient (Wildman–Crippen LogP) is 4.11. The number of benzene rings is 2. The number of anilines is 1. The van der Waals surface area contributed by atoms with Gasteiger partial charge in [0.05, 0.1) is 25.5 Å².